The highest BCUT2D eigenvalue weighted by atomic mass is 16.2. The van der Waals surface area contributed by atoms with Gasteiger partial charge in [-0.05, 0) is 28.5 Å². The lowest BCUT2D eigenvalue weighted by molar-refractivity contribution is -0.128. The summed E-state index contributed by atoms with van der Waals surface area (Å²) >= 11 is 0. The highest BCUT2D eigenvalue weighted by Gasteiger charge is 2.13. The number of aryl methyl sites for hydroxylation is 1. The third kappa shape index (κ3) is 3.96. The summed E-state index contributed by atoms with van der Waals surface area (Å²) in [6, 6.07) is 21.5. The molecule has 0 bridgehead atoms. The molecule has 6 heteroatoms. The Labute approximate surface area is 168 Å². The number of nitrogens with one attached hydrogen (secondary N) is 2. The maximum Gasteiger partial charge on any atom is 0.258 e. The molecule has 3 aromatic carbocycles. The molecule has 4 aromatic rings. The third-order valence-electron chi connectivity index (χ3n) is 4.92. The van der Waals surface area contributed by atoms with Gasteiger partial charge in [-0.1, -0.05) is 61.5 Å². The summed E-state index contributed by atoms with van der Waals surface area (Å²) in [5, 5.41) is 2.12. The molecular formula is C23H22N4O2. The quantitative estimate of drug-likeness (QED) is 0.518. The van der Waals surface area contributed by atoms with Crippen molar-refractivity contribution in [3.63, 3.8) is 0 Å². The van der Waals surface area contributed by atoms with Gasteiger partial charge in [0, 0.05) is 6.42 Å². The van der Waals surface area contributed by atoms with Gasteiger partial charge < -0.3 is 4.57 Å². The van der Waals surface area contributed by atoms with Gasteiger partial charge in [0.1, 0.15) is 12.4 Å². The van der Waals surface area contributed by atoms with E-state index in [1.807, 2.05) is 78.2 Å². The van der Waals surface area contributed by atoms with Crippen LogP contribution in [0.15, 0.2) is 66.7 Å². The number of carbonyl (C=O) groups excluding carboxylic acids is 2. The summed E-state index contributed by atoms with van der Waals surface area (Å²) in [4.78, 5) is 29.3. The van der Waals surface area contributed by atoms with Gasteiger partial charge in [0.15, 0.2) is 0 Å². The van der Waals surface area contributed by atoms with E-state index in [4.69, 9.17) is 0 Å². The molecule has 0 radical (unpaired) electrons. The summed E-state index contributed by atoms with van der Waals surface area (Å²) in [5.41, 5.74) is 7.72. The minimum atomic E-state index is -0.297. The van der Waals surface area contributed by atoms with Crippen molar-refractivity contribution in [1.82, 2.24) is 20.4 Å². The maximum atomic E-state index is 12.4. The molecule has 0 fully saturated rings. The van der Waals surface area contributed by atoms with Crippen LogP contribution in [0.5, 0.6) is 0 Å². The molecule has 29 heavy (non-hydrogen) atoms. The SMILES string of the molecule is CCc1nc2ccccc2n1CC(=O)NNC(=O)Cc1cccc2ccccc12. The second-order valence-corrected chi connectivity index (χ2v) is 6.87. The Morgan fingerprint density at radius 2 is 1.62 bits per heavy atom. The summed E-state index contributed by atoms with van der Waals surface area (Å²) < 4.78 is 1.88. The second kappa shape index (κ2) is 8.14. The molecule has 0 atom stereocenters. The van der Waals surface area contributed by atoms with Crippen LogP contribution >= 0.6 is 0 Å². The maximum absolute atomic E-state index is 12.4. The summed E-state index contributed by atoms with van der Waals surface area (Å²) in [6.07, 6.45) is 0.908. The van der Waals surface area contributed by atoms with Gasteiger partial charge in [-0.2, -0.15) is 0 Å². The van der Waals surface area contributed by atoms with E-state index in [9.17, 15) is 9.59 Å². The molecule has 0 saturated carbocycles. The number of amides is 2. The average Bonchev–Trinajstić information content (AvgIpc) is 3.10. The Balaban J connectivity index is 1.40. The van der Waals surface area contributed by atoms with Crippen LogP contribution in [0.3, 0.4) is 0 Å². The molecule has 0 unspecified atom stereocenters. The number of carbonyl (C=O) groups is 2. The molecule has 0 aliphatic carbocycles. The fraction of sp³-hybridized carbons (Fsp3) is 0.174. The number of nitrogens with zero attached hydrogens (tertiary/aromatic N) is 2. The summed E-state index contributed by atoms with van der Waals surface area (Å²) in [6.45, 7) is 2.10. The number of hydrogen-bond acceptors (Lipinski definition) is 3. The smallest absolute Gasteiger partial charge is 0.258 e. The van der Waals surface area contributed by atoms with Gasteiger partial charge in [0.25, 0.3) is 5.91 Å². The standard InChI is InChI=1S/C23H22N4O2/c1-2-21-24-19-12-5-6-13-20(19)27(21)15-23(29)26-25-22(28)14-17-10-7-9-16-8-3-4-11-18(16)17/h3-13H,2,14-15H2,1H3,(H,25,28)(H,26,29). The molecular weight excluding hydrogens is 364 g/mol. The van der Waals surface area contributed by atoms with Crippen molar-refractivity contribution >= 4 is 33.6 Å². The van der Waals surface area contributed by atoms with Crippen LogP contribution in [0, 0.1) is 0 Å². The van der Waals surface area contributed by atoms with E-state index in [-0.39, 0.29) is 24.8 Å². The number of hydrazine groups is 1. The van der Waals surface area contributed by atoms with Gasteiger partial charge in [-0.3, -0.25) is 20.4 Å². The van der Waals surface area contributed by atoms with Gasteiger partial charge in [0.2, 0.25) is 5.91 Å². The van der Waals surface area contributed by atoms with Gasteiger partial charge in [-0.15, -0.1) is 0 Å². The van der Waals surface area contributed by atoms with Gasteiger partial charge in [0.05, 0.1) is 17.5 Å². The van der Waals surface area contributed by atoms with Crippen molar-refractivity contribution in [2.24, 2.45) is 0 Å². The van der Waals surface area contributed by atoms with Crippen LogP contribution in [-0.4, -0.2) is 21.4 Å². The van der Waals surface area contributed by atoms with Crippen molar-refractivity contribution in [2.75, 3.05) is 0 Å². The molecule has 0 aliphatic rings. The number of rotatable bonds is 5. The lowest BCUT2D eigenvalue weighted by Gasteiger charge is -2.11. The highest BCUT2D eigenvalue weighted by Crippen LogP contribution is 2.19. The van der Waals surface area contributed by atoms with E-state index in [2.05, 4.69) is 15.8 Å². The Hall–Kier alpha value is -3.67. The minimum absolute atomic E-state index is 0.0955. The zero-order chi connectivity index (χ0) is 20.2. The van der Waals surface area contributed by atoms with Crippen LogP contribution in [0.2, 0.25) is 0 Å². The molecule has 1 aromatic heterocycles. The van der Waals surface area contributed by atoms with Crippen molar-refractivity contribution < 1.29 is 9.59 Å². The second-order valence-electron chi connectivity index (χ2n) is 6.87. The lowest BCUT2D eigenvalue weighted by Crippen LogP contribution is -2.44. The monoisotopic (exact) mass is 386 g/mol. The first-order valence-corrected chi connectivity index (χ1v) is 9.64. The van der Waals surface area contributed by atoms with Crippen LogP contribution in [-0.2, 0) is 29.0 Å². The normalized spacial score (nSPS) is 10.9. The van der Waals surface area contributed by atoms with E-state index in [1.54, 1.807) is 0 Å². The summed E-state index contributed by atoms with van der Waals surface area (Å²) in [7, 11) is 0. The first-order valence-electron chi connectivity index (χ1n) is 9.64. The Morgan fingerprint density at radius 3 is 2.48 bits per heavy atom. The van der Waals surface area contributed by atoms with E-state index in [0.29, 0.717) is 0 Å². The topological polar surface area (TPSA) is 76.0 Å². The molecule has 2 amide bonds. The van der Waals surface area contributed by atoms with Crippen molar-refractivity contribution in [3.05, 3.63) is 78.1 Å². The summed E-state index contributed by atoms with van der Waals surface area (Å²) in [5.74, 6) is 0.276. The van der Waals surface area contributed by atoms with Gasteiger partial charge >= 0.3 is 0 Å². The number of para-hydroxylation sites is 2. The Kier molecular flexibility index (Phi) is 5.24. The van der Waals surface area contributed by atoms with E-state index in [1.165, 1.54) is 0 Å². The third-order valence-corrected chi connectivity index (χ3v) is 4.92. The fourth-order valence-corrected chi connectivity index (χ4v) is 3.56. The zero-order valence-corrected chi connectivity index (χ0v) is 16.2. The predicted molar refractivity (Wildman–Crippen MR) is 113 cm³/mol. The molecule has 4 rings (SSSR count). The molecule has 6 nitrogen and oxygen atoms in total. The first kappa shape index (κ1) is 18.7. The van der Waals surface area contributed by atoms with Gasteiger partial charge in [-0.25, -0.2) is 4.98 Å². The number of benzene rings is 3. The highest BCUT2D eigenvalue weighted by molar-refractivity contribution is 5.91. The van der Waals surface area contributed by atoms with Crippen molar-refractivity contribution in [2.45, 2.75) is 26.3 Å². The number of hydrogen-bond donors (Lipinski definition) is 2. The molecule has 146 valence electrons. The lowest BCUT2D eigenvalue weighted by atomic mass is 10.0. The predicted octanol–water partition coefficient (Wildman–Crippen LogP) is 3.14. The van der Waals surface area contributed by atoms with Crippen LogP contribution in [0.4, 0.5) is 0 Å². The molecule has 0 saturated heterocycles. The minimum Gasteiger partial charge on any atom is -0.318 e. The molecule has 1 heterocycles. The number of aromatic nitrogens is 2. The first-order chi connectivity index (χ1) is 14.2. The van der Waals surface area contributed by atoms with E-state index in [0.717, 1.165) is 39.6 Å². The zero-order valence-electron chi connectivity index (χ0n) is 16.2. The Morgan fingerprint density at radius 1 is 0.897 bits per heavy atom. The van der Waals surface area contributed by atoms with E-state index < -0.39 is 0 Å². The number of imidazole rings is 1. The largest absolute Gasteiger partial charge is 0.318 e. The average molecular weight is 386 g/mol. The van der Waals surface area contributed by atoms with Crippen LogP contribution < -0.4 is 10.9 Å². The number of fused-ring (bicyclic) bond motifs is 2. The van der Waals surface area contributed by atoms with Crippen molar-refractivity contribution in [3.8, 4) is 0 Å². The molecule has 0 spiro atoms. The molecule has 0 aliphatic heterocycles. The molecule has 2 N–H and O–H groups in total. The van der Waals surface area contributed by atoms with Crippen LogP contribution in [0.1, 0.15) is 18.3 Å². The van der Waals surface area contributed by atoms with Crippen LogP contribution in [0.25, 0.3) is 21.8 Å². The van der Waals surface area contributed by atoms with Crippen molar-refractivity contribution in [1.29, 1.82) is 0 Å². The Bertz CT molecular complexity index is 1190. The van der Waals surface area contributed by atoms with E-state index >= 15 is 0 Å². The fourth-order valence-electron chi connectivity index (χ4n) is 3.56.